The quantitative estimate of drug-likeness (QED) is 0.557. The van der Waals surface area contributed by atoms with E-state index in [2.05, 4.69) is 4.74 Å². The van der Waals surface area contributed by atoms with E-state index in [1.165, 1.54) is 4.90 Å². The summed E-state index contributed by atoms with van der Waals surface area (Å²) in [6.07, 6.45) is -4.81. The lowest BCUT2D eigenvalue weighted by atomic mass is 10.1. The van der Waals surface area contributed by atoms with Crippen molar-refractivity contribution in [3.05, 3.63) is 57.3 Å². The van der Waals surface area contributed by atoms with Gasteiger partial charge < -0.3 is 14.4 Å². The largest absolute Gasteiger partial charge is 0.573 e. The molecule has 2 aromatic carbocycles. The highest BCUT2D eigenvalue weighted by Gasteiger charge is 2.35. The number of halogens is 6. The van der Waals surface area contributed by atoms with Crippen LogP contribution in [-0.2, 0) is 10.0 Å². The van der Waals surface area contributed by atoms with Crippen LogP contribution in [0.25, 0.3) is 0 Å². The maximum absolute atomic E-state index is 14.3. The summed E-state index contributed by atoms with van der Waals surface area (Å²) in [5, 5.41) is -0.574. The van der Waals surface area contributed by atoms with Crippen molar-refractivity contribution in [1.82, 2.24) is 9.62 Å². The molecule has 2 aromatic rings. The average Bonchev–Trinajstić information content (AvgIpc) is 2.65. The van der Waals surface area contributed by atoms with Gasteiger partial charge in [0.1, 0.15) is 23.4 Å². The van der Waals surface area contributed by atoms with Gasteiger partial charge in [-0.25, -0.2) is 17.5 Å². The van der Waals surface area contributed by atoms with Gasteiger partial charge in [-0.3, -0.25) is 9.59 Å². The van der Waals surface area contributed by atoms with Gasteiger partial charge in [0.25, 0.3) is 11.8 Å². The lowest BCUT2D eigenvalue weighted by Gasteiger charge is -2.39. The van der Waals surface area contributed by atoms with E-state index in [-0.39, 0.29) is 29.4 Å². The summed E-state index contributed by atoms with van der Waals surface area (Å²) in [6.45, 7) is 0.0943. The first-order valence-electron chi connectivity index (χ1n) is 9.15. The lowest BCUT2D eigenvalue weighted by molar-refractivity contribution is -0.274. The molecule has 3 rings (SSSR count). The maximum atomic E-state index is 14.3. The Hall–Kier alpha value is -2.77. The minimum atomic E-state index is -4.94. The van der Waals surface area contributed by atoms with Gasteiger partial charge in [0.05, 0.1) is 35.0 Å². The second-order valence-electron chi connectivity index (χ2n) is 7.11. The number of hydrogen-bond donors (Lipinski definition) is 1. The van der Waals surface area contributed by atoms with E-state index in [0.717, 1.165) is 36.6 Å². The number of ether oxygens (including phenoxy) is 2. The van der Waals surface area contributed by atoms with Gasteiger partial charge in [-0.15, -0.1) is 13.2 Å². The predicted octanol–water partition coefficient (Wildman–Crippen LogP) is 3.62. The minimum absolute atomic E-state index is 0.0169. The van der Waals surface area contributed by atoms with E-state index in [1.54, 1.807) is 4.72 Å². The van der Waals surface area contributed by atoms with Crippen LogP contribution in [0.1, 0.15) is 20.7 Å². The number of benzene rings is 2. The second kappa shape index (κ2) is 9.47. The summed E-state index contributed by atoms with van der Waals surface area (Å²) in [5.41, 5.74) is -0.591. The molecule has 1 aliphatic heterocycles. The van der Waals surface area contributed by atoms with Crippen LogP contribution >= 0.6 is 23.2 Å². The van der Waals surface area contributed by atoms with E-state index in [9.17, 15) is 35.6 Å². The van der Waals surface area contributed by atoms with Gasteiger partial charge in [-0.2, -0.15) is 0 Å². The summed E-state index contributed by atoms with van der Waals surface area (Å²) < 4.78 is 84.4. The summed E-state index contributed by atoms with van der Waals surface area (Å²) in [7, 11) is -3.92. The molecule has 0 atom stereocenters. The molecule has 0 unspecified atom stereocenters. The number of hydrogen-bond acceptors (Lipinski definition) is 6. The standard InChI is InChI=1S/C19H14Cl2F4N2O6S/c1-34(30,31)26-17(28)11-5-13(21)16(6-14(11)22)32-10-7-27(8-10)18(29)9-2-3-15(12(20)4-9)33-19(23,24)25/h2-6,10H,7-8H2,1H3,(H,26,28). The molecule has 1 heterocycles. The SMILES string of the molecule is CS(=O)(=O)NC(=O)c1cc(Cl)c(OC2CN(C(=O)c3ccc(OC(F)(F)F)c(Cl)c3)C2)cc1F. The second-order valence-corrected chi connectivity index (χ2v) is 9.67. The topological polar surface area (TPSA) is 102 Å². The Morgan fingerprint density at radius 1 is 1.09 bits per heavy atom. The van der Waals surface area contributed by atoms with Crippen LogP contribution in [0.15, 0.2) is 30.3 Å². The Labute approximate surface area is 200 Å². The predicted molar refractivity (Wildman–Crippen MR) is 112 cm³/mol. The summed E-state index contributed by atoms with van der Waals surface area (Å²) in [6, 6.07) is 4.78. The van der Waals surface area contributed by atoms with Gasteiger partial charge in [0.15, 0.2) is 0 Å². The van der Waals surface area contributed by atoms with E-state index >= 15 is 0 Å². The first kappa shape index (κ1) is 25.8. The zero-order chi connectivity index (χ0) is 25.4. The van der Waals surface area contributed by atoms with Crippen LogP contribution in [0, 0.1) is 5.82 Å². The van der Waals surface area contributed by atoms with Gasteiger partial charge in [0.2, 0.25) is 10.0 Å². The van der Waals surface area contributed by atoms with Gasteiger partial charge in [-0.05, 0) is 24.3 Å². The Balaban J connectivity index is 1.62. The summed E-state index contributed by atoms with van der Waals surface area (Å²) in [4.78, 5) is 25.7. The van der Waals surface area contributed by atoms with Crippen molar-refractivity contribution in [3.63, 3.8) is 0 Å². The molecule has 0 bridgehead atoms. The first-order valence-corrected chi connectivity index (χ1v) is 11.8. The van der Waals surface area contributed by atoms with Crippen LogP contribution in [0.4, 0.5) is 17.6 Å². The van der Waals surface area contributed by atoms with Crippen molar-refractivity contribution in [1.29, 1.82) is 0 Å². The zero-order valence-electron chi connectivity index (χ0n) is 17.0. The van der Waals surface area contributed by atoms with E-state index in [0.29, 0.717) is 0 Å². The van der Waals surface area contributed by atoms with Crippen molar-refractivity contribution in [3.8, 4) is 11.5 Å². The fourth-order valence-electron chi connectivity index (χ4n) is 2.90. The number of carbonyl (C=O) groups is 2. The highest BCUT2D eigenvalue weighted by atomic mass is 35.5. The molecule has 34 heavy (non-hydrogen) atoms. The van der Waals surface area contributed by atoms with Crippen LogP contribution in [-0.4, -0.2) is 56.9 Å². The summed E-state index contributed by atoms with van der Waals surface area (Å²) >= 11 is 11.8. The molecule has 0 radical (unpaired) electrons. The lowest BCUT2D eigenvalue weighted by Crippen LogP contribution is -2.56. The van der Waals surface area contributed by atoms with Crippen LogP contribution in [0.3, 0.4) is 0 Å². The Morgan fingerprint density at radius 3 is 2.26 bits per heavy atom. The maximum Gasteiger partial charge on any atom is 0.573 e. The number of nitrogens with zero attached hydrogens (tertiary/aromatic N) is 1. The Morgan fingerprint density at radius 2 is 1.71 bits per heavy atom. The minimum Gasteiger partial charge on any atom is -0.485 e. The van der Waals surface area contributed by atoms with E-state index < -0.39 is 56.5 Å². The van der Waals surface area contributed by atoms with E-state index in [1.807, 2.05) is 0 Å². The molecule has 0 aromatic heterocycles. The molecular weight excluding hydrogens is 531 g/mol. The monoisotopic (exact) mass is 544 g/mol. The molecule has 184 valence electrons. The van der Waals surface area contributed by atoms with Crippen molar-refractivity contribution >= 4 is 45.0 Å². The van der Waals surface area contributed by atoms with Crippen molar-refractivity contribution in [2.45, 2.75) is 12.5 Å². The smallest absolute Gasteiger partial charge is 0.485 e. The molecule has 2 amide bonds. The zero-order valence-corrected chi connectivity index (χ0v) is 19.3. The van der Waals surface area contributed by atoms with Crippen LogP contribution < -0.4 is 14.2 Å². The third-order valence-corrected chi connectivity index (χ3v) is 5.52. The molecule has 1 N–H and O–H groups in total. The number of rotatable bonds is 6. The molecule has 0 aliphatic carbocycles. The molecule has 1 saturated heterocycles. The average molecular weight is 545 g/mol. The third kappa shape index (κ3) is 6.42. The molecule has 8 nitrogen and oxygen atoms in total. The summed E-state index contributed by atoms with van der Waals surface area (Å²) in [5.74, 6) is -3.61. The first-order chi connectivity index (χ1) is 15.6. The number of nitrogens with one attached hydrogen (secondary N) is 1. The van der Waals surface area contributed by atoms with Crippen molar-refractivity contribution < 1.29 is 45.0 Å². The van der Waals surface area contributed by atoms with Gasteiger partial charge in [0, 0.05) is 11.6 Å². The number of sulfonamides is 1. The van der Waals surface area contributed by atoms with Gasteiger partial charge in [-0.1, -0.05) is 23.2 Å². The van der Waals surface area contributed by atoms with Crippen LogP contribution in [0.2, 0.25) is 10.0 Å². The van der Waals surface area contributed by atoms with Crippen molar-refractivity contribution in [2.75, 3.05) is 19.3 Å². The molecular formula is C19H14Cl2F4N2O6S. The highest BCUT2D eigenvalue weighted by molar-refractivity contribution is 7.89. The number of likely N-dealkylation sites (tertiary alicyclic amines) is 1. The highest BCUT2D eigenvalue weighted by Crippen LogP contribution is 2.33. The fourth-order valence-corrected chi connectivity index (χ4v) is 3.77. The fraction of sp³-hybridized carbons (Fsp3) is 0.263. The normalized spacial score (nSPS) is 14.4. The number of carbonyl (C=O) groups excluding carboxylic acids is 2. The number of alkyl halides is 3. The van der Waals surface area contributed by atoms with Crippen molar-refractivity contribution in [2.24, 2.45) is 0 Å². The van der Waals surface area contributed by atoms with Crippen LogP contribution in [0.5, 0.6) is 11.5 Å². The number of amides is 2. The molecule has 1 aliphatic rings. The molecule has 1 fully saturated rings. The third-order valence-electron chi connectivity index (χ3n) is 4.38. The Kier molecular flexibility index (Phi) is 7.20. The molecule has 0 spiro atoms. The van der Waals surface area contributed by atoms with Gasteiger partial charge >= 0.3 is 6.36 Å². The molecule has 15 heteroatoms. The molecule has 0 saturated carbocycles. The Bertz CT molecular complexity index is 1250. The van der Waals surface area contributed by atoms with E-state index in [4.69, 9.17) is 27.9 Å².